The molecule has 0 radical (unpaired) electrons. The number of aromatic nitrogens is 3. The fourth-order valence-corrected chi connectivity index (χ4v) is 3.57. The molecule has 1 aliphatic rings. The molecular formula is C21H33IN6O2. The summed E-state index contributed by atoms with van der Waals surface area (Å²) >= 11 is 0. The Labute approximate surface area is 196 Å². The van der Waals surface area contributed by atoms with Gasteiger partial charge >= 0.3 is 0 Å². The lowest BCUT2D eigenvalue weighted by atomic mass is 10.1. The molecule has 9 heteroatoms. The van der Waals surface area contributed by atoms with Crippen molar-refractivity contribution in [2.45, 2.75) is 26.8 Å². The minimum atomic E-state index is 0. The van der Waals surface area contributed by atoms with Crippen LogP contribution in [0.1, 0.15) is 23.4 Å². The van der Waals surface area contributed by atoms with Crippen LogP contribution in [-0.4, -0.2) is 72.7 Å². The van der Waals surface area contributed by atoms with E-state index in [9.17, 15) is 0 Å². The van der Waals surface area contributed by atoms with Crippen LogP contribution in [-0.2, 0) is 16.0 Å². The maximum Gasteiger partial charge on any atom is 0.193 e. The van der Waals surface area contributed by atoms with Gasteiger partial charge in [0.15, 0.2) is 11.8 Å². The van der Waals surface area contributed by atoms with E-state index < -0.39 is 0 Å². The second-order valence-corrected chi connectivity index (χ2v) is 7.43. The summed E-state index contributed by atoms with van der Waals surface area (Å²) in [6, 6.07) is 6.13. The Morgan fingerprint density at radius 1 is 1.30 bits per heavy atom. The molecule has 30 heavy (non-hydrogen) atoms. The lowest BCUT2D eigenvalue weighted by molar-refractivity contribution is 0.0536. The third-order valence-corrected chi connectivity index (χ3v) is 5.07. The number of likely N-dealkylation sites (tertiary alicyclic amines) is 1. The Bertz CT molecular complexity index is 808. The predicted molar refractivity (Wildman–Crippen MR) is 129 cm³/mol. The van der Waals surface area contributed by atoms with Gasteiger partial charge < -0.3 is 19.7 Å². The van der Waals surface area contributed by atoms with E-state index in [4.69, 9.17) is 9.47 Å². The van der Waals surface area contributed by atoms with Gasteiger partial charge in [-0.25, -0.2) is 9.67 Å². The normalized spacial score (nSPS) is 16.6. The summed E-state index contributed by atoms with van der Waals surface area (Å²) in [5, 5.41) is 7.94. The number of pyridine rings is 1. The number of aryl methyl sites for hydroxylation is 2. The van der Waals surface area contributed by atoms with Crippen molar-refractivity contribution in [1.29, 1.82) is 0 Å². The number of rotatable bonds is 8. The van der Waals surface area contributed by atoms with Gasteiger partial charge in [-0.3, -0.25) is 4.99 Å². The molecule has 1 saturated heterocycles. The van der Waals surface area contributed by atoms with Gasteiger partial charge in [-0.1, -0.05) is 6.07 Å². The quantitative estimate of drug-likeness (QED) is 0.246. The molecule has 0 saturated carbocycles. The number of nitrogens with zero attached hydrogens (tertiary/aromatic N) is 5. The number of nitrogens with one attached hydrogen (secondary N) is 1. The second-order valence-electron chi connectivity index (χ2n) is 7.43. The monoisotopic (exact) mass is 528 g/mol. The van der Waals surface area contributed by atoms with E-state index in [-0.39, 0.29) is 24.0 Å². The maximum absolute atomic E-state index is 5.68. The molecule has 0 amide bonds. The standard InChI is InChI=1S/C21H32N6O2.HI/c1-16-11-17(2)27(25-16)20-6-5-18(12-23-20)13-24-21(22-3)26-8-7-19(14-26)15-29-10-9-28-4;/h5-6,11-12,19H,7-10,13-15H2,1-4H3,(H,22,24);1H. The Morgan fingerprint density at radius 3 is 2.77 bits per heavy atom. The van der Waals surface area contributed by atoms with Gasteiger partial charge in [-0.2, -0.15) is 5.10 Å². The molecule has 3 heterocycles. The molecule has 0 aromatic carbocycles. The first-order valence-corrected chi connectivity index (χ1v) is 10.1. The van der Waals surface area contributed by atoms with Crippen molar-refractivity contribution in [3.63, 3.8) is 0 Å². The summed E-state index contributed by atoms with van der Waals surface area (Å²) in [5.41, 5.74) is 3.18. The van der Waals surface area contributed by atoms with Crippen LogP contribution in [0.15, 0.2) is 29.4 Å². The molecule has 2 aromatic rings. The molecule has 1 unspecified atom stereocenters. The van der Waals surface area contributed by atoms with E-state index >= 15 is 0 Å². The van der Waals surface area contributed by atoms with Crippen molar-refractivity contribution in [3.8, 4) is 5.82 Å². The molecule has 3 rings (SSSR count). The summed E-state index contributed by atoms with van der Waals surface area (Å²) in [6.45, 7) is 8.73. The molecule has 1 aliphatic heterocycles. The van der Waals surface area contributed by atoms with Crippen molar-refractivity contribution >= 4 is 29.9 Å². The fraction of sp³-hybridized carbons (Fsp3) is 0.571. The first-order chi connectivity index (χ1) is 14.1. The van der Waals surface area contributed by atoms with Crippen LogP contribution < -0.4 is 5.32 Å². The van der Waals surface area contributed by atoms with Gasteiger partial charge in [0.1, 0.15) is 0 Å². The van der Waals surface area contributed by atoms with E-state index in [0.29, 0.717) is 25.7 Å². The largest absolute Gasteiger partial charge is 0.382 e. The molecule has 0 spiro atoms. The summed E-state index contributed by atoms with van der Waals surface area (Å²) < 4.78 is 12.6. The third kappa shape index (κ3) is 6.64. The molecule has 1 atom stereocenters. The maximum atomic E-state index is 5.68. The van der Waals surface area contributed by atoms with Crippen LogP contribution in [0.5, 0.6) is 0 Å². The zero-order chi connectivity index (χ0) is 20.6. The fourth-order valence-electron chi connectivity index (χ4n) is 3.57. The summed E-state index contributed by atoms with van der Waals surface area (Å²) in [4.78, 5) is 11.3. The summed E-state index contributed by atoms with van der Waals surface area (Å²) in [7, 11) is 3.52. The van der Waals surface area contributed by atoms with Gasteiger partial charge in [0.05, 0.1) is 25.5 Å². The highest BCUT2D eigenvalue weighted by molar-refractivity contribution is 14.0. The average molecular weight is 528 g/mol. The lowest BCUT2D eigenvalue weighted by Crippen LogP contribution is -2.39. The van der Waals surface area contributed by atoms with Gasteiger partial charge in [0.25, 0.3) is 0 Å². The molecule has 1 fully saturated rings. The number of hydrogen-bond acceptors (Lipinski definition) is 5. The Balaban J connectivity index is 0.00000320. The molecule has 166 valence electrons. The molecule has 0 aliphatic carbocycles. The van der Waals surface area contributed by atoms with E-state index in [1.165, 1.54) is 0 Å². The van der Waals surface area contributed by atoms with Gasteiger partial charge in [0.2, 0.25) is 0 Å². The van der Waals surface area contributed by atoms with E-state index in [1.807, 2.05) is 43.9 Å². The van der Waals surface area contributed by atoms with Crippen LogP contribution in [0, 0.1) is 19.8 Å². The number of aliphatic imine (C=N–C) groups is 1. The predicted octanol–water partition coefficient (Wildman–Crippen LogP) is 2.56. The second kappa shape index (κ2) is 12.2. The summed E-state index contributed by atoms with van der Waals surface area (Å²) in [6.07, 6.45) is 3.01. The van der Waals surface area contributed by atoms with Gasteiger partial charge in [-0.15, -0.1) is 24.0 Å². The molecule has 1 N–H and O–H groups in total. The Morgan fingerprint density at radius 2 is 2.13 bits per heavy atom. The van der Waals surface area contributed by atoms with E-state index in [0.717, 1.165) is 54.8 Å². The molecule has 0 bridgehead atoms. The van der Waals surface area contributed by atoms with Crippen molar-refractivity contribution in [3.05, 3.63) is 41.3 Å². The zero-order valence-corrected chi connectivity index (χ0v) is 20.6. The first kappa shape index (κ1) is 24.5. The molecule has 8 nitrogen and oxygen atoms in total. The number of guanidine groups is 1. The number of methoxy groups -OCH3 is 1. The van der Waals surface area contributed by atoms with E-state index in [2.05, 4.69) is 31.4 Å². The molecular weight excluding hydrogens is 495 g/mol. The highest BCUT2D eigenvalue weighted by Gasteiger charge is 2.24. The highest BCUT2D eigenvalue weighted by Crippen LogP contribution is 2.17. The van der Waals surface area contributed by atoms with Crippen LogP contribution in [0.2, 0.25) is 0 Å². The number of hydrogen-bond donors (Lipinski definition) is 1. The minimum absolute atomic E-state index is 0. The smallest absolute Gasteiger partial charge is 0.193 e. The van der Waals surface area contributed by atoms with E-state index in [1.54, 1.807) is 7.11 Å². The topological polar surface area (TPSA) is 76.8 Å². The van der Waals surface area contributed by atoms with Gasteiger partial charge in [-0.05, 0) is 38.0 Å². The number of halogens is 1. The third-order valence-electron chi connectivity index (χ3n) is 5.07. The van der Waals surface area contributed by atoms with Crippen LogP contribution in [0.3, 0.4) is 0 Å². The van der Waals surface area contributed by atoms with Crippen molar-refractivity contribution in [1.82, 2.24) is 25.0 Å². The SMILES string of the molecule is CN=C(NCc1ccc(-n2nc(C)cc2C)nc1)N1CCC(COCCOC)C1.I. The van der Waals surface area contributed by atoms with Crippen molar-refractivity contribution in [2.75, 3.05) is 47.1 Å². The Hall–Kier alpha value is -1.72. The van der Waals surface area contributed by atoms with Crippen LogP contribution in [0.4, 0.5) is 0 Å². The van der Waals surface area contributed by atoms with Crippen LogP contribution in [0.25, 0.3) is 5.82 Å². The minimum Gasteiger partial charge on any atom is -0.382 e. The lowest BCUT2D eigenvalue weighted by Gasteiger charge is -2.21. The van der Waals surface area contributed by atoms with Gasteiger partial charge in [0, 0.05) is 51.6 Å². The molecule has 2 aromatic heterocycles. The highest BCUT2D eigenvalue weighted by atomic mass is 127. The van der Waals surface area contributed by atoms with Crippen LogP contribution >= 0.6 is 24.0 Å². The Kier molecular flexibility index (Phi) is 9.99. The number of ether oxygens (including phenoxy) is 2. The van der Waals surface area contributed by atoms with Crippen molar-refractivity contribution < 1.29 is 9.47 Å². The first-order valence-electron chi connectivity index (χ1n) is 10.1. The summed E-state index contributed by atoms with van der Waals surface area (Å²) in [5.74, 6) is 2.29. The average Bonchev–Trinajstić information content (AvgIpc) is 3.32. The van der Waals surface area contributed by atoms with Crippen molar-refractivity contribution in [2.24, 2.45) is 10.9 Å². The zero-order valence-electron chi connectivity index (χ0n) is 18.3.